The van der Waals surface area contributed by atoms with E-state index >= 15 is 0 Å². The molecule has 0 radical (unpaired) electrons. The first-order chi connectivity index (χ1) is 17.9. The molecule has 1 aromatic carbocycles. The Kier molecular flexibility index (Phi) is 13.9. The van der Waals surface area contributed by atoms with E-state index in [1.54, 1.807) is 45.0 Å². The molecule has 212 valence electrons. The first-order valence-corrected chi connectivity index (χ1v) is 12.4. The summed E-state index contributed by atoms with van der Waals surface area (Å²) >= 11 is 0. The van der Waals surface area contributed by atoms with Gasteiger partial charge in [0, 0.05) is 6.42 Å². The van der Waals surface area contributed by atoms with Crippen molar-refractivity contribution in [1.82, 2.24) is 16.0 Å². The Bertz CT molecular complexity index is 944. The Labute approximate surface area is 221 Å². The molecule has 0 aromatic heterocycles. The highest BCUT2D eigenvalue weighted by Gasteiger charge is 2.35. The summed E-state index contributed by atoms with van der Waals surface area (Å²) in [7, 11) is 0.913. The number of rotatable bonds is 15. The Morgan fingerprint density at radius 2 is 1.47 bits per heavy atom. The minimum atomic E-state index is -2.99. The summed E-state index contributed by atoms with van der Waals surface area (Å²) in [5.41, 5.74) is 0.751. The Morgan fingerprint density at radius 1 is 0.868 bits per heavy atom. The van der Waals surface area contributed by atoms with Gasteiger partial charge in [-0.25, -0.2) is 18.4 Å². The number of hydrogen-bond donors (Lipinski definition) is 3. The lowest BCUT2D eigenvalue weighted by atomic mass is 9.96. The van der Waals surface area contributed by atoms with Crippen LogP contribution in [0.4, 0.5) is 13.6 Å². The van der Waals surface area contributed by atoms with E-state index in [4.69, 9.17) is 4.74 Å². The van der Waals surface area contributed by atoms with E-state index in [2.05, 4.69) is 20.7 Å². The van der Waals surface area contributed by atoms with Gasteiger partial charge in [0.2, 0.25) is 18.2 Å². The van der Waals surface area contributed by atoms with Crippen molar-refractivity contribution < 1.29 is 42.2 Å². The summed E-state index contributed by atoms with van der Waals surface area (Å²) in [4.78, 5) is 62.3. The molecular formula is C26H37F2N3O7. The molecule has 1 rings (SSSR count). The number of Topliss-reactive ketones (excluding diaryl/α,β-unsaturated/α-hetero) is 1. The van der Waals surface area contributed by atoms with Gasteiger partial charge in [0.25, 0.3) is 5.78 Å². The van der Waals surface area contributed by atoms with Crippen LogP contribution in [0, 0.1) is 11.8 Å². The number of carbonyl (C=O) groups excluding carboxylic acids is 5. The van der Waals surface area contributed by atoms with E-state index in [9.17, 15) is 32.8 Å². The normalized spacial score (nSPS) is 14.1. The lowest BCUT2D eigenvalue weighted by Crippen LogP contribution is -2.58. The predicted octanol–water partition coefficient (Wildman–Crippen LogP) is 2.74. The average molecular weight is 542 g/mol. The third-order valence-corrected chi connectivity index (χ3v) is 5.76. The van der Waals surface area contributed by atoms with Crippen LogP contribution >= 0.6 is 0 Å². The Hall–Kier alpha value is -3.57. The second-order valence-electron chi connectivity index (χ2n) is 9.30. The van der Waals surface area contributed by atoms with E-state index in [0.29, 0.717) is 6.42 Å². The van der Waals surface area contributed by atoms with Crippen LogP contribution in [0.1, 0.15) is 52.5 Å². The molecule has 0 aliphatic carbocycles. The maximum absolute atomic E-state index is 13.2. The lowest BCUT2D eigenvalue weighted by molar-refractivity contribution is -0.153. The molecule has 0 aliphatic rings. The third-order valence-electron chi connectivity index (χ3n) is 5.76. The van der Waals surface area contributed by atoms with Crippen LogP contribution < -0.4 is 16.0 Å². The monoisotopic (exact) mass is 541 g/mol. The number of alkyl carbamates (subject to hydrolysis) is 1. The molecule has 0 heterocycles. The van der Waals surface area contributed by atoms with Gasteiger partial charge in [-0.15, -0.1) is 0 Å². The largest absolute Gasteiger partial charge is 0.463 e. The number of hydrogen-bond acceptors (Lipinski definition) is 7. The number of amides is 3. The predicted molar refractivity (Wildman–Crippen MR) is 134 cm³/mol. The number of ketones is 1. The van der Waals surface area contributed by atoms with Crippen molar-refractivity contribution in [2.75, 3.05) is 7.11 Å². The molecular weight excluding hydrogens is 504 g/mol. The second-order valence-corrected chi connectivity index (χ2v) is 9.30. The number of alkyl halides is 2. The minimum absolute atomic E-state index is 0.0142. The van der Waals surface area contributed by atoms with Crippen molar-refractivity contribution in [2.45, 2.75) is 78.1 Å². The van der Waals surface area contributed by atoms with Crippen LogP contribution in [-0.4, -0.2) is 61.3 Å². The van der Waals surface area contributed by atoms with E-state index in [0.717, 1.165) is 12.7 Å². The van der Waals surface area contributed by atoms with Gasteiger partial charge < -0.3 is 25.4 Å². The van der Waals surface area contributed by atoms with Crippen LogP contribution in [0.5, 0.6) is 0 Å². The maximum Gasteiger partial charge on any atom is 0.408 e. The molecule has 12 heteroatoms. The van der Waals surface area contributed by atoms with Crippen molar-refractivity contribution in [3.8, 4) is 0 Å². The first kappa shape index (κ1) is 32.5. The molecule has 4 atom stereocenters. The van der Waals surface area contributed by atoms with Crippen molar-refractivity contribution in [3.05, 3.63) is 35.9 Å². The lowest BCUT2D eigenvalue weighted by Gasteiger charge is -2.27. The van der Waals surface area contributed by atoms with E-state index < -0.39 is 60.6 Å². The molecule has 0 aliphatic heterocycles. The summed E-state index contributed by atoms with van der Waals surface area (Å²) in [6.07, 6.45) is -4.33. The zero-order chi connectivity index (χ0) is 28.8. The molecule has 3 amide bonds. The van der Waals surface area contributed by atoms with Gasteiger partial charge in [0.15, 0.2) is 0 Å². The quantitative estimate of drug-likeness (QED) is 0.229. The van der Waals surface area contributed by atoms with Crippen molar-refractivity contribution in [3.63, 3.8) is 0 Å². The van der Waals surface area contributed by atoms with E-state index in [-0.39, 0.29) is 24.9 Å². The van der Waals surface area contributed by atoms with Crippen LogP contribution in [-0.2, 0) is 35.3 Å². The highest BCUT2D eigenvalue weighted by Crippen LogP contribution is 2.13. The van der Waals surface area contributed by atoms with Gasteiger partial charge in [-0.3, -0.25) is 14.4 Å². The van der Waals surface area contributed by atoms with E-state index in [1.807, 2.05) is 13.0 Å². The minimum Gasteiger partial charge on any atom is -0.463 e. The number of carbonyl (C=O) groups is 5. The van der Waals surface area contributed by atoms with Crippen LogP contribution in [0.3, 0.4) is 0 Å². The van der Waals surface area contributed by atoms with Crippen molar-refractivity contribution >= 4 is 29.7 Å². The summed E-state index contributed by atoms with van der Waals surface area (Å²) in [5, 5.41) is 7.21. The van der Waals surface area contributed by atoms with Crippen molar-refractivity contribution in [1.29, 1.82) is 0 Å². The molecule has 0 saturated heterocycles. The standard InChI is InChI=1S/C26H37F2N3O7/c1-6-16(4)21(31-26(36)38-14-17-10-8-7-9-11-17)24(34)30-19(12-15(2)3)23(33)29-18(13-20(27)28)22(32)25(35)37-5/h7-11,15-16,18-21H,6,12-14H2,1-5H3,(H,29,33)(H,30,34)(H,31,36)/t16-,18-,19-,21-/m0/s1. The molecule has 10 nitrogen and oxygen atoms in total. The van der Waals surface area contributed by atoms with Gasteiger partial charge >= 0.3 is 12.1 Å². The van der Waals surface area contributed by atoms with Gasteiger partial charge in [-0.05, 0) is 23.8 Å². The summed E-state index contributed by atoms with van der Waals surface area (Å²) in [6, 6.07) is 4.80. The third kappa shape index (κ3) is 11.2. The summed E-state index contributed by atoms with van der Waals surface area (Å²) in [6.45, 7) is 7.07. The number of halogens is 2. The Balaban J connectivity index is 3.00. The fourth-order valence-corrected chi connectivity index (χ4v) is 3.48. The number of nitrogens with one attached hydrogen (secondary N) is 3. The summed E-state index contributed by atoms with van der Waals surface area (Å²) < 4.78 is 35.6. The molecule has 0 spiro atoms. The second kappa shape index (κ2) is 16.3. The van der Waals surface area contributed by atoms with Crippen LogP contribution in [0.15, 0.2) is 30.3 Å². The summed E-state index contributed by atoms with van der Waals surface area (Å²) in [5.74, 6) is -4.81. The maximum atomic E-state index is 13.2. The molecule has 38 heavy (non-hydrogen) atoms. The highest BCUT2D eigenvalue weighted by molar-refractivity contribution is 6.36. The van der Waals surface area contributed by atoms with Gasteiger partial charge in [-0.1, -0.05) is 64.4 Å². The highest BCUT2D eigenvalue weighted by atomic mass is 19.3. The molecule has 0 bridgehead atoms. The zero-order valence-corrected chi connectivity index (χ0v) is 22.3. The van der Waals surface area contributed by atoms with Crippen LogP contribution in [0.2, 0.25) is 0 Å². The number of esters is 1. The van der Waals surface area contributed by atoms with Crippen LogP contribution in [0.25, 0.3) is 0 Å². The van der Waals surface area contributed by atoms with Gasteiger partial charge in [0.05, 0.1) is 7.11 Å². The topological polar surface area (TPSA) is 140 Å². The Morgan fingerprint density at radius 3 is 2.00 bits per heavy atom. The number of methoxy groups -OCH3 is 1. The fourth-order valence-electron chi connectivity index (χ4n) is 3.48. The van der Waals surface area contributed by atoms with E-state index in [1.165, 1.54) is 0 Å². The van der Waals surface area contributed by atoms with Gasteiger partial charge in [0.1, 0.15) is 24.7 Å². The number of ether oxygens (including phenoxy) is 2. The zero-order valence-electron chi connectivity index (χ0n) is 22.3. The smallest absolute Gasteiger partial charge is 0.408 e. The molecule has 1 aromatic rings. The molecule has 3 N–H and O–H groups in total. The molecule has 0 fully saturated rings. The molecule has 0 saturated carbocycles. The number of benzene rings is 1. The average Bonchev–Trinajstić information content (AvgIpc) is 2.88. The SMILES string of the molecule is CC[C@H](C)[C@H](NC(=O)OCc1ccccc1)C(=O)N[C@@H](CC(C)C)C(=O)N[C@@H](CC(F)F)C(=O)C(=O)OC. The van der Waals surface area contributed by atoms with Crippen molar-refractivity contribution in [2.24, 2.45) is 11.8 Å². The fraction of sp³-hybridized carbons (Fsp3) is 0.577. The molecule has 0 unspecified atom stereocenters. The van der Waals surface area contributed by atoms with Gasteiger partial charge in [-0.2, -0.15) is 0 Å². The first-order valence-electron chi connectivity index (χ1n) is 12.4.